The Morgan fingerprint density at radius 1 is 1.23 bits per heavy atom. The van der Waals surface area contributed by atoms with E-state index in [0.717, 1.165) is 31.7 Å². The van der Waals surface area contributed by atoms with Gasteiger partial charge in [0, 0.05) is 39.3 Å². The zero-order valence-corrected chi connectivity index (χ0v) is 16.7. The number of hydrogen-bond donors (Lipinski definition) is 0. The molecule has 9 heteroatoms. The molecule has 1 aromatic heterocycles. The fourth-order valence-electron chi connectivity index (χ4n) is 3.77. The fourth-order valence-corrected chi connectivity index (χ4v) is 5.57. The number of carbonyl (C=O) groups excluding carboxylic acids is 1. The van der Waals surface area contributed by atoms with Gasteiger partial charge in [0.2, 0.25) is 5.91 Å². The molecule has 0 bridgehead atoms. The molecule has 0 N–H and O–H groups in total. The molecule has 26 heavy (non-hydrogen) atoms. The van der Waals surface area contributed by atoms with Crippen LogP contribution in [0.3, 0.4) is 0 Å². The second kappa shape index (κ2) is 7.70. The third kappa shape index (κ3) is 4.29. The van der Waals surface area contributed by atoms with Crippen LogP contribution in [0, 0.1) is 5.92 Å². The molecule has 1 aromatic rings. The molecule has 1 unspecified atom stereocenters. The minimum absolute atomic E-state index is 0.0285. The molecule has 0 aliphatic carbocycles. The molecule has 2 aliphatic rings. The Kier molecular flexibility index (Phi) is 5.74. The van der Waals surface area contributed by atoms with Crippen LogP contribution in [0.1, 0.15) is 19.3 Å². The zero-order chi connectivity index (χ0) is 18.9. The number of piperidine rings is 1. The van der Waals surface area contributed by atoms with Gasteiger partial charge in [0.1, 0.15) is 5.82 Å². The number of pyridine rings is 1. The first-order valence-electron chi connectivity index (χ1n) is 8.84. The highest BCUT2D eigenvalue weighted by molar-refractivity contribution is 7.91. The summed E-state index contributed by atoms with van der Waals surface area (Å²) in [6.07, 6.45) is 3.60. The minimum Gasteiger partial charge on any atom is -0.357 e. The maximum Gasteiger partial charge on any atom is 0.240 e. The fraction of sp³-hybridized carbons (Fsp3) is 0.647. The van der Waals surface area contributed by atoms with E-state index in [1.165, 1.54) is 0 Å². The van der Waals surface area contributed by atoms with Crippen molar-refractivity contribution in [2.24, 2.45) is 5.92 Å². The van der Waals surface area contributed by atoms with Crippen molar-refractivity contribution < 1.29 is 13.2 Å². The van der Waals surface area contributed by atoms with Gasteiger partial charge in [-0.25, -0.2) is 18.4 Å². The van der Waals surface area contributed by atoms with Crippen LogP contribution in [0.5, 0.6) is 0 Å². The van der Waals surface area contributed by atoms with E-state index in [9.17, 15) is 13.2 Å². The first kappa shape index (κ1) is 19.4. The molecule has 2 aliphatic heterocycles. The van der Waals surface area contributed by atoms with Crippen LogP contribution in [0.4, 0.5) is 5.82 Å². The lowest BCUT2D eigenvalue weighted by Gasteiger charge is -2.39. The quantitative estimate of drug-likeness (QED) is 0.712. The maximum absolute atomic E-state index is 13.1. The molecule has 3 heterocycles. The van der Waals surface area contributed by atoms with Crippen molar-refractivity contribution in [2.75, 3.05) is 43.6 Å². The largest absolute Gasteiger partial charge is 0.357 e. The lowest BCUT2D eigenvalue weighted by atomic mass is 9.95. The van der Waals surface area contributed by atoms with Crippen LogP contribution in [0.25, 0.3) is 0 Å². The van der Waals surface area contributed by atoms with Crippen LogP contribution in [0.15, 0.2) is 18.3 Å². The van der Waals surface area contributed by atoms with Gasteiger partial charge >= 0.3 is 0 Å². The number of rotatable bonds is 4. The summed E-state index contributed by atoms with van der Waals surface area (Å²) in [5, 5.41) is 4.00. The molecular formula is C17H25ClN4O3S. The van der Waals surface area contributed by atoms with E-state index in [-0.39, 0.29) is 29.4 Å². The summed E-state index contributed by atoms with van der Waals surface area (Å²) in [6.45, 7) is 1.49. The van der Waals surface area contributed by atoms with Gasteiger partial charge in [-0.1, -0.05) is 11.6 Å². The average Bonchev–Trinajstić information content (AvgIpc) is 2.95. The van der Waals surface area contributed by atoms with E-state index < -0.39 is 9.84 Å². The zero-order valence-electron chi connectivity index (χ0n) is 15.1. The maximum atomic E-state index is 13.1. The number of carbonyl (C=O) groups is 1. The van der Waals surface area contributed by atoms with Crippen molar-refractivity contribution >= 4 is 33.2 Å². The van der Waals surface area contributed by atoms with E-state index in [1.54, 1.807) is 30.3 Å². The number of aromatic nitrogens is 1. The molecule has 0 spiro atoms. The highest BCUT2D eigenvalue weighted by atomic mass is 35.5. The summed E-state index contributed by atoms with van der Waals surface area (Å²) in [5.41, 5.74) is 0. The van der Waals surface area contributed by atoms with E-state index in [0.29, 0.717) is 11.4 Å². The Bertz CT molecular complexity index is 746. The summed E-state index contributed by atoms with van der Waals surface area (Å²) < 4.78 is 23.6. The third-order valence-corrected chi connectivity index (χ3v) is 7.06. The standard InChI is InChI=1S/C17H25ClN4O3S/c1-20(2)22(15-7-10-26(24,25)12-15)17(23)13-5-8-21(9-6-13)16-4-3-14(18)11-19-16/h3-4,11,13,15H,5-10,12H2,1-2H3. The van der Waals surface area contributed by atoms with Gasteiger partial charge in [-0.05, 0) is 31.4 Å². The van der Waals surface area contributed by atoms with Gasteiger partial charge in [0.05, 0.1) is 22.6 Å². The molecule has 3 rings (SSSR count). The van der Waals surface area contributed by atoms with Crippen LogP contribution in [0.2, 0.25) is 5.02 Å². The van der Waals surface area contributed by atoms with E-state index >= 15 is 0 Å². The number of halogens is 1. The summed E-state index contributed by atoms with van der Waals surface area (Å²) >= 11 is 5.88. The molecular weight excluding hydrogens is 376 g/mol. The predicted molar refractivity (Wildman–Crippen MR) is 102 cm³/mol. The second-order valence-corrected chi connectivity index (χ2v) is 9.85. The minimum atomic E-state index is -3.03. The van der Waals surface area contributed by atoms with E-state index in [4.69, 9.17) is 11.6 Å². The Morgan fingerprint density at radius 2 is 1.92 bits per heavy atom. The molecule has 144 valence electrons. The Morgan fingerprint density at radius 3 is 2.42 bits per heavy atom. The van der Waals surface area contributed by atoms with Crippen LogP contribution >= 0.6 is 11.6 Å². The van der Waals surface area contributed by atoms with Gasteiger partial charge in [0.25, 0.3) is 0 Å². The summed E-state index contributed by atoms with van der Waals surface area (Å²) in [7, 11) is 0.568. The van der Waals surface area contributed by atoms with Gasteiger partial charge < -0.3 is 4.90 Å². The van der Waals surface area contributed by atoms with Crippen molar-refractivity contribution in [3.8, 4) is 0 Å². The molecule has 2 saturated heterocycles. The molecule has 0 saturated carbocycles. The molecule has 0 radical (unpaired) electrons. The normalized spacial score (nSPS) is 23.4. The van der Waals surface area contributed by atoms with Crippen LogP contribution < -0.4 is 4.90 Å². The topological polar surface area (TPSA) is 73.8 Å². The van der Waals surface area contributed by atoms with Crippen LogP contribution in [-0.4, -0.2) is 74.1 Å². The first-order valence-corrected chi connectivity index (χ1v) is 11.0. The molecule has 1 atom stereocenters. The summed E-state index contributed by atoms with van der Waals surface area (Å²) in [5.74, 6) is 1.03. The van der Waals surface area contributed by atoms with Gasteiger partial charge in [-0.15, -0.1) is 0 Å². The van der Waals surface area contributed by atoms with Gasteiger partial charge in [0.15, 0.2) is 9.84 Å². The number of anilines is 1. The Balaban J connectivity index is 1.63. The smallest absolute Gasteiger partial charge is 0.240 e. The number of amides is 1. The summed E-state index contributed by atoms with van der Waals surface area (Å²) in [6, 6.07) is 3.45. The van der Waals surface area contributed by atoms with E-state index in [1.807, 2.05) is 12.1 Å². The SMILES string of the molecule is CN(C)N(C(=O)C1CCN(c2ccc(Cl)cn2)CC1)C1CCS(=O)(=O)C1. The number of nitrogens with zero attached hydrogens (tertiary/aromatic N) is 4. The average molecular weight is 401 g/mol. The van der Waals surface area contributed by atoms with Crippen molar-refractivity contribution in [1.29, 1.82) is 0 Å². The highest BCUT2D eigenvalue weighted by Gasteiger charge is 2.39. The molecule has 1 amide bonds. The lowest BCUT2D eigenvalue weighted by Crippen LogP contribution is -2.53. The van der Waals surface area contributed by atoms with Crippen molar-refractivity contribution in [3.05, 3.63) is 23.4 Å². The van der Waals surface area contributed by atoms with Crippen molar-refractivity contribution in [3.63, 3.8) is 0 Å². The Labute approximate surface area is 159 Å². The number of hydrogen-bond acceptors (Lipinski definition) is 6. The molecule has 0 aromatic carbocycles. The Hall–Kier alpha value is -1.38. The third-order valence-electron chi connectivity index (χ3n) is 5.09. The summed E-state index contributed by atoms with van der Waals surface area (Å²) in [4.78, 5) is 19.6. The van der Waals surface area contributed by atoms with Crippen LogP contribution in [-0.2, 0) is 14.6 Å². The molecule has 2 fully saturated rings. The number of sulfone groups is 1. The monoisotopic (exact) mass is 400 g/mol. The highest BCUT2D eigenvalue weighted by Crippen LogP contribution is 2.27. The van der Waals surface area contributed by atoms with E-state index in [2.05, 4.69) is 9.88 Å². The lowest BCUT2D eigenvalue weighted by molar-refractivity contribution is -0.154. The van der Waals surface area contributed by atoms with Crippen molar-refractivity contribution in [2.45, 2.75) is 25.3 Å². The number of hydrazine groups is 1. The van der Waals surface area contributed by atoms with Gasteiger partial charge in [-0.3, -0.25) is 9.80 Å². The molecule has 7 nitrogen and oxygen atoms in total. The van der Waals surface area contributed by atoms with Crippen molar-refractivity contribution in [1.82, 2.24) is 15.0 Å². The first-order chi connectivity index (χ1) is 12.3. The predicted octanol–water partition coefficient (Wildman–Crippen LogP) is 1.44. The van der Waals surface area contributed by atoms with Gasteiger partial charge in [-0.2, -0.15) is 0 Å². The second-order valence-electron chi connectivity index (χ2n) is 7.18.